The molecule has 140 valence electrons. The van der Waals surface area contributed by atoms with Crippen LogP contribution in [-0.2, 0) is 14.6 Å². The second kappa shape index (κ2) is 8.55. The molecule has 1 fully saturated rings. The zero-order valence-electron chi connectivity index (χ0n) is 15.3. The number of nitrogens with one attached hydrogen (secondary N) is 1. The number of amides is 1. The van der Waals surface area contributed by atoms with E-state index in [2.05, 4.69) is 10.3 Å². The molecule has 0 aliphatic carbocycles. The molecule has 1 saturated heterocycles. The molecule has 0 atom stereocenters. The first-order valence-corrected chi connectivity index (χ1v) is 9.87. The van der Waals surface area contributed by atoms with Crippen molar-refractivity contribution in [3.05, 3.63) is 0 Å². The number of sulfone groups is 1. The number of carbonyl (C=O) groups is 1. The molecular formula is C15H30N4O4S. The predicted octanol–water partition coefficient (Wildman–Crippen LogP) is 0.549. The van der Waals surface area contributed by atoms with E-state index in [9.17, 15) is 13.2 Å². The van der Waals surface area contributed by atoms with E-state index >= 15 is 0 Å². The van der Waals surface area contributed by atoms with Crippen molar-refractivity contribution in [2.45, 2.75) is 32.4 Å². The smallest absolute Gasteiger partial charge is 0.409 e. The number of hydrogen-bond acceptors (Lipinski definition) is 5. The molecule has 1 N–H and O–H groups in total. The molecule has 1 aliphatic rings. The fourth-order valence-electron chi connectivity index (χ4n) is 2.25. The van der Waals surface area contributed by atoms with Crippen molar-refractivity contribution in [1.29, 1.82) is 0 Å². The van der Waals surface area contributed by atoms with E-state index in [0.717, 1.165) is 0 Å². The van der Waals surface area contributed by atoms with Crippen LogP contribution in [-0.4, -0.2) is 87.1 Å². The number of carbonyl (C=O) groups excluding carboxylic acids is 1. The summed E-state index contributed by atoms with van der Waals surface area (Å²) < 4.78 is 28.5. The fourth-order valence-corrected chi connectivity index (χ4v) is 3.23. The van der Waals surface area contributed by atoms with Gasteiger partial charge in [0, 0.05) is 39.8 Å². The van der Waals surface area contributed by atoms with E-state index < -0.39 is 14.6 Å². The zero-order valence-corrected chi connectivity index (χ0v) is 16.1. The summed E-state index contributed by atoms with van der Waals surface area (Å²) in [5.74, 6) is 0.709. The van der Waals surface area contributed by atoms with E-state index in [1.165, 1.54) is 0 Å². The second-order valence-corrected chi connectivity index (χ2v) is 9.44. The Morgan fingerprint density at radius 3 is 2.17 bits per heavy atom. The van der Waals surface area contributed by atoms with Crippen LogP contribution in [0.3, 0.4) is 0 Å². The highest BCUT2D eigenvalue weighted by molar-refractivity contribution is 7.92. The Balaban J connectivity index is 2.48. The number of hydrogen-bond donors (Lipinski definition) is 1. The first-order valence-electron chi connectivity index (χ1n) is 8.22. The zero-order chi connectivity index (χ0) is 18.4. The molecule has 0 aromatic carbocycles. The lowest BCUT2D eigenvalue weighted by molar-refractivity contribution is 0.0915. The van der Waals surface area contributed by atoms with Crippen LogP contribution in [0.1, 0.15) is 27.7 Å². The van der Waals surface area contributed by atoms with Crippen molar-refractivity contribution in [1.82, 2.24) is 15.1 Å². The van der Waals surface area contributed by atoms with Gasteiger partial charge in [-0.1, -0.05) is 0 Å². The van der Waals surface area contributed by atoms with Gasteiger partial charge >= 0.3 is 6.09 Å². The predicted molar refractivity (Wildman–Crippen MR) is 95.1 cm³/mol. The van der Waals surface area contributed by atoms with Gasteiger partial charge in [-0.2, -0.15) is 0 Å². The average molecular weight is 362 g/mol. The first-order chi connectivity index (χ1) is 11.1. The lowest BCUT2D eigenvalue weighted by Gasteiger charge is -2.35. The molecule has 9 heteroatoms. The third-order valence-corrected chi connectivity index (χ3v) is 6.51. The Kier molecular flexibility index (Phi) is 7.31. The summed E-state index contributed by atoms with van der Waals surface area (Å²) in [5.41, 5.74) is 0. The minimum atomic E-state index is -3.16. The van der Waals surface area contributed by atoms with Crippen LogP contribution in [0.25, 0.3) is 0 Å². The summed E-state index contributed by atoms with van der Waals surface area (Å²) in [5, 5.41) is 3.10. The molecule has 0 radical (unpaired) electrons. The van der Waals surface area contributed by atoms with Gasteiger partial charge in [0.15, 0.2) is 15.8 Å². The molecule has 24 heavy (non-hydrogen) atoms. The van der Waals surface area contributed by atoms with Crippen LogP contribution in [0.4, 0.5) is 4.79 Å². The first kappa shape index (κ1) is 20.5. The molecule has 0 bridgehead atoms. The molecule has 0 spiro atoms. The number of rotatable bonds is 4. The third kappa shape index (κ3) is 5.54. The average Bonchev–Trinajstić information content (AvgIpc) is 2.51. The molecule has 0 aromatic rings. The standard InChI is InChI=1S/C15H30N4O4S/c1-6-23-14(20)19-10-8-18(9-11-19)13(16-5)17-7-12-24(21,22)15(2,3)4/h6-12H2,1-5H3,(H,16,17). The largest absolute Gasteiger partial charge is 0.450 e. The lowest BCUT2D eigenvalue weighted by Crippen LogP contribution is -2.54. The molecular weight excluding hydrogens is 332 g/mol. The van der Waals surface area contributed by atoms with Gasteiger partial charge in [-0.15, -0.1) is 0 Å². The molecule has 1 heterocycles. The minimum absolute atomic E-state index is 0.0539. The van der Waals surface area contributed by atoms with Gasteiger partial charge in [0.2, 0.25) is 0 Å². The number of ether oxygens (including phenoxy) is 1. The van der Waals surface area contributed by atoms with Crippen molar-refractivity contribution in [2.75, 3.05) is 52.1 Å². The van der Waals surface area contributed by atoms with Gasteiger partial charge in [-0.3, -0.25) is 4.99 Å². The van der Waals surface area contributed by atoms with Gasteiger partial charge in [0.05, 0.1) is 17.1 Å². The van der Waals surface area contributed by atoms with Crippen molar-refractivity contribution in [3.8, 4) is 0 Å². The number of piperazine rings is 1. The maximum absolute atomic E-state index is 12.1. The van der Waals surface area contributed by atoms with E-state index in [-0.39, 0.29) is 11.8 Å². The highest BCUT2D eigenvalue weighted by Crippen LogP contribution is 2.15. The number of nitrogens with zero attached hydrogens (tertiary/aromatic N) is 3. The summed E-state index contributed by atoms with van der Waals surface area (Å²) >= 11 is 0. The summed E-state index contributed by atoms with van der Waals surface area (Å²) in [6.07, 6.45) is -0.295. The van der Waals surface area contributed by atoms with E-state index in [0.29, 0.717) is 45.3 Å². The van der Waals surface area contributed by atoms with Crippen LogP contribution >= 0.6 is 0 Å². The Bertz CT molecular complexity index is 546. The van der Waals surface area contributed by atoms with Crippen LogP contribution in [0.2, 0.25) is 0 Å². The molecule has 0 saturated carbocycles. The normalized spacial score (nSPS) is 17.0. The molecule has 0 unspecified atom stereocenters. The van der Waals surface area contributed by atoms with Crippen LogP contribution in [0, 0.1) is 0 Å². The Labute approximate surface area is 145 Å². The van der Waals surface area contributed by atoms with E-state index in [4.69, 9.17) is 4.74 Å². The van der Waals surface area contributed by atoms with Crippen LogP contribution < -0.4 is 5.32 Å². The summed E-state index contributed by atoms with van der Waals surface area (Å²) in [7, 11) is -1.50. The maximum atomic E-state index is 12.1. The summed E-state index contributed by atoms with van der Waals surface area (Å²) in [6.45, 7) is 9.93. The number of aliphatic imine (C=N–C) groups is 1. The second-order valence-electron chi connectivity index (χ2n) is 6.58. The third-order valence-electron chi connectivity index (χ3n) is 3.90. The highest BCUT2D eigenvalue weighted by atomic mass is 32.2. The van der Waals surface area contributed by atoms with Crippen LogP contribution in [0.5, 0.6) is 0 Å². The Morgan fingerprint density at radius 1 is 1.17 bits per heavy atom. The molecule has 0 aromatic heterocycles. The molecule has 1 aliphatic heterocycles. The van der Waals surface area contributed by atoms with E-state index in [1.54, 1.807) is 39.6 Å². The molecule has 1 amide bonds. The Hall–Kier alpha value is -1.51. The van der Waals surface area contributed by atoms with Gasteiger partial charge in [0.25, 0.3) is 0 Å². The van der Waals surface area contributed by atoms with Crippen molar-refractivity contribution in [3.63, 3.8) is 0 Å². The summed E-state index contributed by atoms with van der Waals surface area (Å²) in [4.78, 5) is 19.6. The quantitative estimate of drug-likeness (QED) is 0.580. The van der Waals surface area contributed by atoms with Crippen molar-refractivity contribution >= 4 is 21.9 Å². The maximum Gasteiger partial charge on any atom is 0.409 e. The minimum Gasteiger partial charge on any atom is -0.450 e. The SMILES string of the molecule is CCOC(=O)N1CCN(C(=NC)NCCS(=O)(=O)C(C)(C)C)CC1. The highest BCUT2D eigenvalue weighted by Gasteiger charge is 2.29. The van der Waals surface area contributed by atoms with Crippen molar-refractivity contribution in [2.24, 2.45) is 4.99 Å². The molecule has 8 nitrogen and oxygen atoms in total. The van der Waals surface area contributed by atoms with Crippen LogP contribution in [0.15, 0.2) is 4.99 Å². The fraction of sp³-hybridized carbons (Fsp3) is 0.867. The van der Waals surface area contributed by atoms with Gasteiger partial charge in [-0.25, -0.2) is 13.2 Å². The van der Waals surface area contributed by atoms with Gasteiger partial charge < -0.3 is 19.9 Å². The topological polar surface area (TPSA) is 91.3 Å². The lowest BCUT2D eigenvalue weighted by atomic mass is 10.3. The van der Waals surface area contributed by atoms with E-state index in [1.807, 2.05) is 4.90 Å². The monoisotopic (exact) mass is 362 g/mol. The van der Waals surface area contributed by atoms with Gasteiger partial charge in [0.1, 0.15) is 0 Å². The number of guanidine groups is 1. The van der Waals surface area contributed by atoms with Gasteiger partial charge in [-0.05, 0) is 27.7 Å². The Morgan fingerprint density at radius 2 is 1.71 bits per heavy atom. The summed E-state index contributed by atoms with van der Waals surface area (Å²) in [6, 6.07) is 0. The molecule has 1 rings (SSSR count). The van der Waals surface area contributed by atoms with Crippen molar-refractivity contribution < 1.29 is 17.9 Å².